The first-order valence-electron chi connectivity index (χ1n) is 16.1. The Morgan fingerprint density at radius 2 is 1.74 bits per heavy atom. The van der Waals surface area contributed by atoms with E-state index in [1.165, 1.54) is 6.20 Å². The van der Waals surface area contributed by atoms with Crippen LogP contribution in [0.5, 0.6) is 0 Å². The molecule has 0 bridgehead atoms. The maximum Gasteiger partial charge on any atom is 0.262 e. The van der Waals surface area contributed by atoms with Crippen LogP contribution in [0.25, 0.3) is 11.3 Å². The third-order valence-corrected chi connectivity index (χ3v) is 9.89. The Morgan fingerprint density at radius 3 is 2.50 bits per heavy atom. The van der Waals surface area contributed by atoms with Crippen molar-refractivity contribution < 1.29 is 23.6 Å². The molecule has 1 unspecified atom stereocenters. The van der Waals surface area contributed by atoms with Crippen LogP contribution >= 0.6 is 0 Å². The highest BCUT2D eigenvalue weighted by molar-refractivity contribution is 6.23. The number of amides is 4. The van der Waals surface area contributed by atoms with E-state index in [0.29, 0.717) is 18.4 Å². The average Bonchev–Trinajstić information content (AvgIpc) is 3.75. The van der Waals surface area contributed by atoms with Gasteiger partial charge in [-0.05, 0) is 56.2 Å². The summed E-state index contributed by atoms with van der Waals surface area (Å²) < 4.78 is 16.4. The van der Waals surface area contributed by atoms with Crippen LogP contribution < -0.4 is 20.9 Å². The molecule has 0 spiro atoms. The molecule has 8 rings (SSSR count). The lowest BCUT2D eigenvalue weighted by molar-refractivity contribution is -0.136. The number of rotatable bonds is 8. The van der Waals surface area contributed by atoms with Crippen molar-refractivity contribution in [3.05, 3.63) is 59.3 Å². The summed E-state index contributed by atoms with van der Waals surface area (Å²) in [5.41, 5.74) is 4.94. The number of benzene rings is 1. The fourth-order valence-corrected chi connectivity index (χ4v) is 7.14. The normalized spacial score (nSPS) is 24.6. The maximum atomic E-state index is 14.4. The van der Waals surface area contributed by atoms with Crippen LogP contribution in [0, 0.1) is 11.7 Å². The third kappa shape index (κ3) is 5.12. The zero-order valence-corrected chi connectivity index (χ0v) is 25.3. The number of hydrogen-bond acceptors (Lipinski definition) is 9. The van der Waals surface area contributed by atoms with E-state index in [9.17, 15) is 23.6 Å². The fourth-order valence-electron chi connectivity index (χ4n) is 7.14. The first-order valence-corrected chi connectivity index (χ1v) is 16.1. The molecule has 3 aliphatic heterocycles. The van der Waals surface area contributed by atoms with E-state index >= 15 is 0 Å². The van der Waals surface area contributed by atoms with Gasteiger partial charge in [-0.25, -0.2) is 4.39 Å². The highest BCUT2D eigenvalue weighted by Crippen LogP contribution is 2.47. The minimum Gasteiger partial charge on any atom is -0.385 e. The number of aromatic nitrogens is 3. The van der Waals surface area contributed by atoms with Gasteiger partial charge in [0.25, 0.3) is 11.8 Å². The van der Waals surface area contributed by atoms with Crippen LogP contribution in [0.4, 0.5) is 15.8 Å². The molecule has 12 nitrogen and oxygen atoms in total. The largest absolute Gasteiger partial charge is 0.385 e. The van der Waals surface area contributed by atoms with E-state index in [2.05, 4.69) is 36.7 Å². The lowest BCUT2D eigenvalue weighted by atomic mass is 9.80. The molecule has 2 saturated heterocycles. The summed E-state index contributed by atoms with van der Waals surface area (Å²) in [6.45, 7) is 4.00. The molecule has 46 heavy (non-hydrogen) atoms. The molecule has 1 atom stereocenters. The molecule has 13 heteroatoms. The van der Waals surface area contributed by atoms with Crippen molar-refractivity contribution in [2.45, 2.75) is 56.5 Å². The number of piperidine rings is 1. The lowest BCUT2D eigenvalue weighted by Crippen LogP contribution is -2.54. The number of anilines is 2. The predicted octanol–water partition coefficient (Wildman–Crippen LogP) is 2.84. The van der Waals surface area contributed by atoms with E-state index < -0.39 is 29.7 Å². The molecule has 5 aliphatic rings. The van der Waals surface area contributed by atoms with Crippen molar-refractivity contribution >= 4 is 35.0 Å². The number of carbonyl (C=O) groups excluding carboxylic acids is 4. The number of imide groups is 2. The first-order chi connectivity index (χ1) is 22.3. The van der Waals surface area contributed by atoms with Gasteiger partial charge in [0.15, 0.2) is 0 Å². The van der Waals surface area contributed by atoms with Crippen LogP contribution in [0.3, 0.4) is 0 Å². The minimum absolute atomic E-state index is 0.0847. The molecule has 4 fully saturated rings. The van der Waals surface area contributed by atoms with Crippen LogP contribution in [-0.2, 0) is 9.59 Å². The van der Waals surface area contributed by atoms with Gasteiger partial charge in [-0.3, -0.25) is 39.1 Å². The quantitative estimate of drug-likeness (QED) is 0.322. The molecular weight excluding hydrogens is 591 g/mol. The zero-order chi connectivity index (χ0) is 31.5. The van der Waals surface area contributed by atoms with Crippen molar-refractivity contribution in [1.29, 1.82) is 0 Å². The Morgan fingerprint density at radius 1 is 0.957 bits per heavy atom. The molecule has 4 amide bonds. The van der Waals surface area contributed by atoms with Gasteiger partial charge in [0, 0.05) is 68.6 Å². The van der Waals surface area contributed by atoms with E-state index in [4.69, 9.17) is 5.10 Å². The Labute approximate surface area is 264 Å². The molecule has 2 aliphatic carbocycles. The molecule has 3 aromatic rings. The topological polar surface area (TPSA) is 142 Å². The van der Waals surface area contributed by atoms with Crippen LogP contribution in [-0.4, -0.2) is 82.1 Å². The van der Waals surface area contributed by atoms with E-state index in [1.807, 2.05) is 0 Å². The van der Waals surface area contributed by atoms with Gasteiger partial charge >= 0.3 is 0 Å². The number of fused-ring (bicyclic) bond motifs is 1. The van der Waals surface area contributed by atoms with Crippen molar-refractivity contribution in [2.24, 2.45) is 5.92 Å². The Kier molecular flexibility index (Phi) is 7.08. The second-order valence-corrected chi connectivity index (χ2v) is 13.0. The van der Waals surface area contributed by atoms with Gasteiger partial charge < -0.3 is 15.5 Å². The summed E-state index contributed by atoms with van der Waals surface area (Å²) in [7, 11) is 0. The summed E-state index contributed by atoms with van der Waals surface area (Å²) in [6.07, 6.45) is 7.69. The fraction of sp³-hybridized carbons (Fsp3) is 0.455. The monoisotopic (exact) mass is 626 g/mol. The van der Waals surface area contributed by atoms with Gasteiger partial charge in [0.2, 0.25) is 11.8 Å². The number of nitrogens with one attached hydrogen (secondary N) is 3. The average molecular weight is 627 g/mol. The Balaban J connectivity index is 0.932. The van der Waals surface area contributed by atoms with Gasteiger partial charge in [0.05, 0.1) is 40.4 Å². The molecular formula is C33H35FN8O4. The molecule has 2 saturated carbocycles. The number of carbonyl (C=O) groups is 4. The molecule has 5 heterocycles. The predicted molar refractivity (Wildman–Crippen MR) is 166 cm³/mol. The Hall–Kier alpha value is -4.65. The maximum absolute atomic E-state index is 14.4. The summed E-state index contributed by atoms with van der Waals surface area (Å²) in [4.78, 5) is 57.8. The summed E-state index contributed by atoms with van der Waals surface area (Å²) in [6, 6.07) is 5.94. The number of nitrogens with zero attached hydrogens (tertiary/aromatic N) is 5. The summed E-state index contributed by atoms with van der Waals surface area (Å²) in [5, 5.41) is 14.1. The molecule has 238 valence electrons. The van der Waals surface area contributed by atoms with Gasteiger partial charge in [0.1, 0.15) is 11.9 Å². The molecule has 0 radical (unpaired) electrons. The second kappa shape index (κ2) is 11.3. The molecule has 3 N–H and O–H groups in total. The van der Waals surface area contributed by atoms with Gasteiger partial charge in [-0.2, -0.15) is 5.10 Å². The minimum atomic E-state index is -0.982. The van der Waals surface area contributed by atoms with E-state index in [1.54, 1.807) is 24.3 Å². The SMILES string of the molecule is O=C1CCC(N2C(=O)c3ccc(NCC4CC(n5cc(-c6ncc(F)cc6N6CCNCC6)c(C6CC6)n5)C4)cc3C2=O)C(=O)N1. The number of piperazine rings is 1. The smallest absolute Gasteiger partial charge is 0.262 e. The highest BCUT2D eigenvalue weighted by Gasteiger charge is 2.45. The van der Waals surface area contributed by atoms with Crippen molar-refractivity contribution in [3.8, 4) is 11.3 Å². The van der Waals surface area contributed by atoms with Crippen molar-refractivity contribution in [2.75, 3.05) is 42.9 Å². The van der Waals surface area contributed by atoms with Crippen LogP contribution in [0.1, 0.15) is 76.9 Å². The highest BCUT2D eigenvalue weighted by atomic mass is 19.1. The van der Waals surface area contributed by atoms with Crippen molar-refractivity contribution in [1.82, 2.24) is 30.3 Å². The Bertz CT molecular complexity index is 1760. The lowest BCUT2D eigenvalue weighted by Gasteiger charge is -2.35. The molecule has 2 aromatic heterocycles. The van der Waals surface area contributed by atoms with Gasteiger partial charge in [-0.15, -0.1) is 0 Å². The van der Waals surface area contributed by atoms with Crippen LogP contribution in [0.15, 0.2) is 36.7 Å². The van der Waals surface area contributed by atoms with E-state index in [-0.39, 0.29) is 35.8 Å². The second-order valence-electron chi connectivity index (χ2n) is 13.0. The molecule has 1 aromatic carbocycles. The first kappa shape index (κ1) is 28.8. The zero-order valence-electron chi connectivity index (χ0n) is 25.3. The summed E-state index contributed by atoms with van der Waals surface area (Å²) >= 11 is 0. The number of pyridine rings is 1. The standard InChI is InChI=1S/C33H35FN8O4/c34-20-13-27(40-9-7-35-8-10-40)30(37-16-20)25-17-41(39-29(25)19-1-2-19)22-11-18(12-22)15-36-21-3-4-23-24(14-21)33(46)42(32(23)45)26-5-6-28(43)38-31(26)44/h3-4,13-14,16-19,22,26,35-36H,1-2,5-12,15H2,(H,38,43,44). The van der Waals surface area contributed by atoms with Gasteiger partial charge in [-0.1, -0.05) is 0 Å². The number of halogens is 1. The summed E-state index contributed by atoms with van der Waals surface area (Å²) in [5.74, 6) is -1.57. The van der Waals surface area contributed by atoms with E-state index in [0.717, 1.165) is 85.1 Å². The van der Waals surface area contributed by atoms with Crippen molar-refractivity contribution in [3.63, 3.8) is 0 Å². The number of hydrogen-bond donors (Lipinski definition) is 3. The third-order valence-electron chi connectivity index (χ3n) is 9.89. The van der Waals surface area contributed by atoms with Crippen LogP contribution in [0.2, 0.25) is 0 Å².